The van der Waals surface area contributed by atoms with Crippen LogP contribution in [0.25, 0.3) is 11.1 Å². The zero-order valence-electron chi connectivity index (χ0n) is 23.9. The highest BCUT2D eigenvalue weighted by Crippen LogP contribution is 2.36. The third-order valence-corrected chi connectivity index (χ3v) is 8.71. The number of ether oxygens (including phenoxy) is 1. The molecule has 2 amide bonds. The molecule has 3 heterocycles. The van der Waals surface area contributed by atoms with Crippen LogP contribution < -0.4 is 15.4 Å². The van der Waals surface area contributed by atoms with E-state index in [-0.39, 0.29) is 23.9 Å². The molecule has 6 rings (SSSR count). The summed E-state index contributed by atoms with van der Waals surface area (Å²) in [6.45, 7) is 6.15. The zero-order chi connectivity index (χ0) is 28.6. The van der Waals surface area contributed by atoms with Crippen molar-refractivity contribution in [3.05, 3.63) is 89.5 Å². The summed E-state index contributed by atoms with van der Waals surface area (Å²) in [6.07, 6.45) is 1.35. The molecule has 3 aliphatic rings. The lowest BCUT2D eigenvalue weighted by Gasteiger charge is -2.33. The van der Waals surface area contributed by atoms with E-state index in [2.05, 4.69) is 47.0 Å². The van der Waals surface area contributed by atoms with Gasteiger partial charge in [0, 0.05) is 33.1 Å². The Balaban J connectivity index is 1.44. The van der Waals surface area contributed by atoms with Gasteiger partial charge in [0.05, 0.1) is 7.11 Å². The first-order valence-corrected chi connectivity index (χ1v) is 14.4. The van der Waals surface area contributed by atoms with Crippen LogP contribution in [0.15, 0.2) is 77.8 Å². The second kappa shape index (κ2) is 11.0. The van der Waals surface area contributed by atoms with Gasteiger partial charge in [0.2, 0.25) is 11.9 Å². The van der Waals surface area contributed by atoms with Gasteiger partial charge < -0.3 is 15.0 Å². The topological polar surface area (TPSA) is 86.3 Å². The normalized spacial score (nSPS) is 23.9. The molecule has 2 saturated heterocycles. The summed E-state index contributed by atoms with van der Waals surface area (Å²) in [5.74, 6) is 1.74. The minimum atomic E-state index is -0.978. The van der Waals surface area contributed by atoms with Crippen LogP contribution in [0, 0.1) is 5.92 Å². The van der Waals surface area contributed by atoms with Crippen molar-refractivity contribution < 1.29 is 14.3 Å². The third-order valence-electron chi connectivity index (χ3n) is 8.71. The first kappa shape index (κ1) is 27.0. The van der Waals surface area contributed by atoms with E-state index >= 15 is 0 Å². The predicted octanol–water partition coefficient (Wildman–Crippen LogP) is 4.43. The van der Waals surface area contributed by atoms with Crippen LogP contribution >= 0.6 is 0 Å². The Kier molecular flexibility index (Phi) is 7.26. The minimum Gasteiger partial charge on any atom is -0.497 e. The van der Waals surface area contributed by atoms with Gasteiger partial charge in [-0.25, -0.2) is 4.99 Å². The van der Waals surface area contributed by atoms with Crippen LogP contribution in [0.3, 0.4) is 0 Å². The van der Waals surface area contributed by atoms with Crippen LogP contribution in [0.2, 0.25) is 0 Å². The Morgan fingerprint density at radius 3 is 2.56 bits per heavy atom. The fraction of sp³-hybridized carbons (Fsp3) is 0.364. The summed E-state index contributed by atoms with van der Waals surface area (Å²) < 4.78 is 5.57. The molecule has 3 aromatic carbocycles. The molecule has 0 radical (unpaired) electrons. The highest BCUT2D eigenvalue weighted by molar-refractivity contribution is 6.09. The van der Waals surface area contributed by atoms with Crippen LogP contribution in [0.1, 0.15) is 49.5 Å². The molecule has 4 bridgehead atoms. The number of hydrogen-bond donors (Lipinski definition) is 2. The van der Waals surface area contributed by atoms with Gasteiger partial charge in [-0.05, 0) is 71.7 Å². The van der Waals surface area contributed by atoms with E-state index in [0.29, 0.717) is 19.0 Å². The van der Waals surface area contributed by atoms with Crippen molar-refractivity contribution in [3.8, 4) is 16.9 Å². The highest BCUT2D eigenvalue weighted by Gasteiger charge is 2.48. The van der Waals surface area contributed by atoms with Crippen molar-refractivity contribution in [1.29, 1.82) is 0 Å². The molecular formula is C33H37N5O3. The van der Waals surface area contributed by atoms with Gasteiger partial charge >= 0.3 is 0 Å². The molecule has 3 aliphatic heterocycles. The van der Waals surface area contributed by atoms with Gasteiger partial charge in [-0.2, -0.15) is 0 Å². The Morgan fingerprint density at radius 1 is 1.05 bits per heavy atom. The number of benzene rings is 3. The Morgan fingerprint density at radius 2 is 1.83 bits per heavy atom. The van der Waals surface area contributed by atoms with E-state index < -0.39 is 5.54 Å². The van der Waals surface area contributed by atoms with E-state index in [4.69, 9.17) is 9.73 Å². The predicted molar refractivity (Wildman–Crippen MR) is 159 cm³/mol. The maximum absolute atomic E-state index is 14.3. The van der Waals surface area contributed by atoms with E-state index in [1.807, 2.05) is 53.1 Å². The van der Waals surface area contributed by atoms with Crippen molar-refractivity contribution in [3.63, 3.8) is 0 Å². The summed E-state index contributed by atoms with van der Waals surface area (Å²) in [6, 6.07) is 24.5. The second-order valence-electron chi connectivity index (χ2n) is 11.4. The summed E-state index contributed by atoms with van der Waals surface area (Å²) >= 11 is 0. The summed E-state index contributed by atoms with van der Waals surface area (Å²) in [5.41, 5.74) is 4.13. The molecule has 2 atom stereocenters. The number of amides is 2. The minimum absolute atomic E-state index is 0.0145. The molecule has 0 spiro atoms. The van der Waals surface area contributed by atoms with Gasteiger partial charge in [0.25, 0.3) is 5.91 Å². The molecule has 0 saturated carbocycles. The molecular weight excluding hydrogens is 514 g/mol. The van der Waals surface area contributed by atoms with Crippen LogP contribution in [0.4, 0.5) is 0 Å². The Hall–Kier alpha value is -4.17. The van der Waals surface area contributed by atoms with Crippen molar-refractivity contribution in [2.24, 2.45) is 10.9 Å². The number of carbonyl (C=O) groups excluding carboxylic acids is 2. The molecule has 41 heavy (non-hydrogen) atoms. The number of nitrogens with one attached hydrogen (secondary N) is 2. The zero-order valence-corrected chi connectivity index (χ0v) is 23.9. The van der Waals surface area contributed by atoms with Crippen molar-refractivity contribution in [1.82, 2.24) is 20.4 Å². The average Bonchev–Trinajstić information content (AvgIpc) is 3.24. The van der Waals surface area contributed by atoms with Crippen molar-refractivity contribution in [2.75, 3.05) is 26.7 Å². The molecule has 212 valence electrons. The van der Waals surface area contributed by atoms with Gasteiger partial charge in [-0.3, -0.25) is 19.8 Å². The third kappa shape index (κ3) is 5.20. The number of methoxy groups -OCH3 is 1. The Bertz CT molecular complexity index is 1480. The lowest BCUT2D eigenvalue weighted by molar-refractivity contribution is -0.133. The number of nitrogens with zero attached hydrogens (tertiary/aromatic N) is 3. The molecule has 2 unspecified atom stereocenters. The van der Waals surface area contributed by atoms with Crippen molar-refractivity contribution >= 4 is 17.8 Å². The van der Waals surface area contributed by atoms with E-state index in [9.17, 15) is 9.59 Å². The summed E-state index contributed by atoms with van der Waals surface area (Å²) in [4.78, 5) is 35.1. The van der Waals surface area contributed by atoms with Crippen LogP contribution in [-0.2, 0) is 21.7 Å². The average molecular weight is 552 g/mol. The maximum Gasteiger partial charge on any atom is 0.259 e. The van der Waals surface area contributed by atoms with Crippen molar-refractivity contribution in [2.45, 2.75) is 44.9 Å². The monoisotopic (exact) mass is 551 g/mol. The lowest BCUT2D eigenvalue weighted by atomic mass is 9.88. The molecule has 0 aromatic heterocycles. The number of carbonyl (C=O) groups is 2. The first-order chi connectivity index (χ1) is 19.9. The Labute approximate surface area is 241 Å². The fourth-order valence-corrected chi connectivity index (χ4v) is 6.17. The number of fused-ring (bicyclic) bond motifs is 7. The fourth-order valence-electron chi connectivity index (χ4n) is 6.17. The van der Waals surface area contributed by atoms with E-state index in [1.165, 1.54) is 0 Å². The second-order valence-corrected chi connectivity index (χ2v) is 11.4. The maximum atomic E-state index is 14.3. The van der Waals surface area contributed by atoms with Crippen LogP contribution in [-0.4, -0.2) is 54.3 Å². The van der Waals surface area contributed by atoms with E-state index in [1.54, 1.807) is 14.0 Å². The number of guanidine groups is 1. The SMILES string of the molecule is COc1ccc2c(c1)-c1cccc(c1)C1(C)N/C(=N\C(c3ccccc3)NC2)N(CC2CCN(C(C)=O)CC2)C1=O. The smallest absolute Gasteiger partial charge is 0.259 e. The number of likely N-dealkylation sites (tertiary alicyclic amines) is 1. The molecule has 2 fully saturated rings. The van der Waals surface area contributed by atoms with Gasteiger partial charge in [-0.1, -0.05) is 54.6 Å². The first-order valence-electron chi connectivity index (χ1n) is 14.4. The van der Waals surface area contributed by atoms with Crippen LogP contribution in [0.5, 0.6) is 5.75 Å². The molecule has 2 N–H and O–H groups in total. The quantitative estimate of drug-likeness (QED) is 0.501. The number of piperidine rings is 1. The molecule has 8 nitrogen and oxygen atoms in total. The standard InChI is InChI=1S/C33H37N5O3/c1-22(39)37-16-14-23(15-17-37)21-38-31(40)33(2)27-11-7-10-25(18-27)29-19-28(41-3)13-12-26(29)20-34-30(35-32(38)36-33)24-8-5-4-6-9-24/h4-13,18-19,23,30,34H,14-17,20-21H2,1-3H3,(H,35,36). The van der Waals surface area contributed by atoms with Gasteiger partial charge in [-0.15, -0.1) is 0 Å². The van der Waals surface area contributed by atoms with E-state index in [0.717, 1.165) is 59.5 Å². The molecule has 0 aliphatic carbocycles. The summed E-state index contributed by atoms with van der Waals surface area (Å²) in [5, 5.41) is 7.21. The highest BCUT2D eigenvalue weighted by atomic mass is 16.5. The molecule has 8 heteroatoms. The number of rotatable bonds is 4. The van der Waals surface area contributed by atoms with Gasteiger partial charge in [0.15, 0.2) is 0 Å². The molecule has 3 aromatic rings. The van der Waals surface area contributed by atoms with Gasteiger partial charge in [0.1, 0.15) is 17.5 Å². The number of aliphatic imine (C=N–C) groups is 1. The summed E-state index contributed by atoms with van der Waals surface area (Å²) in [7, 11) is 1.67. The lowest BCUT2D eigenvalue weighted by Crippen LogP contribution is -2.44. The largest absolute Gasteiger partial charge is 0.497 e. The number of hydrogen-bond acceptors (Lipinski definition) is 6.